The smallest absolute Gasteiger partial charge is 0.125 e. The summed E-state index contributed by atoms with van der Waals surface area (Å²) in [7, 11) is 0. The molecule has 0 heterocycles. The van der Waals surface area contributed by atoms with Gasteiger partial charge in [-0.25, -0.2) is 4.39 Å². The number of hydrogen-bond donors (Lipinski definition) is 3. The van der Waals surface area contributed by atoms with E-state index < -0.39 is 18.0 Å². The molecule has 1 aromatic rings. The van der Waals surface area contributed by atoms with Crippen LogP contribution in [0.15, 0.2) is 18.2 Å². The fourth-order valence-corrected chi connectivity index (χ4v) is 1.11. The highest BCUT2D eigenvalue weighted by atomic mass is 19.1. The van der Waals surface area contributed by atoms with Gasteiger partial charge in [-0.2, -0.15) is 0 Å². The predicted molar refractivity (Wildman–Crippen MR) is 49.4 cm³/mol. The van der Waals surface area contributed by atoms with Crippen molar-refractivity contribution < 1.29 is 9.50 Å². The van der Waals surface area contributed by atoms with Crippen molar-refractivity contribution in [3.8, 4) is 0 Å². The highest BCUT2D eigenvalue weighted by molar-refractivity contribution is 5.42. The maximum Gasteiger partial charge on any atom is 0.125 e. The van der Waals surface area contributed by atoms with Crippen LogP contribution in [-0.2, 0) is 0 Å². The topological polar surface area (TPSA) is 72.3 Å². The van der Waals surface area contributed by atoms with Gasteiger partial charge in [-0.1, -0.05) is 0 Å². The summed E-state index contributed by atoms with van der Waals surface area (Å²) in [6.45, 7) is 1.55. The lowest BCUT2D eigenvalue weighted by Crippen LogP contribution is -2.23. The first-order valence-electron chi connectivity index (χ1n) is 4.00. The Morgan fingerprint density at radius 2 is 2.00 bits per heavy atom. The van der Waals surface area contributed by atoms with E-state index in [0.29, 0.717) is 11.3 Å². The Labute approximate surface area is 76.2 Å². The Hall–Kier alpha value is -1.13. The largest absolute Gasteiger partial charge is 0.399 e. The molecule has 0 aliphatic carbocycles. The number of anilines is 1. The van der Waals surface area contributed by atoms with Gasteiger partial charge in [0.15, 0.2) is 0 Å². The Morgan fingerprint density at radius 1 is 1.38 bits per heavy atom. The molecule has 0 aliphatic heterocycles. The van der Waals surface area contributed by atoms with Crippen LogP contribution in [0.5, 0.6) is 0 Å². The molecule has 2 unspecified atom stereocenters. The standard InChI is InChI=1S/C9H13FN2O/c1-5(13)9(12)6-2-7(10)4-8(11)3-6/h2-5,9,13H,11-12H2,1H3. The van der Waals surface area contributed by atoms with Gasteiger partial charge in [-0.3, -0.25) is 0 Å². The molecule has 0 saturated carbocycles. The highest BCUT2D eigenvalue weighted by Gasteiger charge is 2.12. The lowest BCUT2D eigenvalue weighted by molar-refractivity contribution is 0.164. The van der Waals surface area contributed by atoms with E-state index in [-0.39, 0.29) is 0 Å². The van der Waals surface area contributed by atoms with E-state index in [2.05, 4.69) is 0 Å². The fourth-order valence-electron chi connectivity index (χ4n) is 1.11. The summed E-state index contributed by atoms with van der Waals surface area (Å²) in [5.74, 6) is -0.439. The number of nitrogens with two attached hydrogens (primary N) is 2. The summed E-state index contributed by atoms with van der Waals surface area (Å²) in [5.41, 5.74) is 11.8. The number of halogens is 1. The molecule has 0 amide bonds. The minimum atomic E-state index is -0.721. The SMILES string of the molecule is CC(O)C(N)c1cc(N)cc(F)c1. The molecule has 0 radical (unpaired) electrons. The molecule has 13 heavy (non-hydrogen) atoms. The average Bonchev–Trinajstić information content (AvgIpc) is 2.01. The van der Waals surface area contributed by atoms with E-state index in [0.717, 1.165) is 0 Å². The fraction of sp³-hybridized carbons (Fsp3) is 0.333. The first kappa shape index (κ1) is 9.95. The van der Waals surface area contributed by atoms with Crippen molar-refractivity contribution in [2.75, 3.05) is 5.73 Å². The number of aliphatic hydroxyl groups excluding tert-OH is 1. The maximum absolute atomic E-state index is 12.8. The molecule has 72 valence electrons. The average molecular weight is 184 g/mol. The minimum Gasteiger partial charge on any atom is -0.399 e. The summed E-state index contributed by atoms with van der Waals surface area (Å²) < 4.78 is 12.8. The Kier molecular flexibility index (Phi) is 2.85. The first-order chi connectivity index (χ1) is 6.00. The van der Waals surface area contributed by atoms with Crippen molar-refractivity contribution in [1.29, 1.82) is 0 Å². The monoisotopic (exact) mass is 184 g/mol. The molecule has 0 bridgehead atoms. The lowest BCUT2D eigenvalue weighted by atomic mass is 10.0. The lowest BCUT2D eigenvalue weighted by Gasteiger charge is -2.15. The van der Waals surface area contributed by atoms with Crippen LogP contribution in [0.4, 0.5) is 10.1 Å². The van der Waals surface area contributed by atoms with Gasteiger partial charge in [0, 0.05) is 5.69 Å². The molecule has 5 N–H and O–H groups in total. The maximum atomic E-state index is 12.8. The van der Waals surface area contributed by atoms with Crippen LogP contribution < -0.4 is 11.5 Å². The number of benzene rings is 1. The van der Waals surface area contributed by atoms with Gasteiger partial charge in [-0.05, 0) is 30.7 Å². The Balaban J connectivity index is 3.01. The van der Waals surface area contributed by atoms with Crippen LogP contribution in [0.2, 0.25) is 0 Å². The number of aliphatic hydroxyl groups is 1. The Bertz CT molecular complexity index is 281. The molecule has 2 atom stereocenters. The normalized spacial score (nSPS) is 15.4. The van der Waals surface area contributed by atoms with Crippen LogP contribution in [0, 0.1) is 5.82 Å². The van der Waals surface area contributed by atoms with Crippen molar-refractivity contribution in [3.05, 3.63) is 29.6 Å². The molecule has 1 rings (SSSR count). The molecule has 0 aromatic heterocycles. The summed E-state index contributed by atoms with van der Waals surface area (Å²) in [4.78, 5) is 0. The van der Waals surface area contributed by atoms with E-state index in [4.69, 9.17) is 16.6 Å². The van der Waals surface area contributed by atoms with Gasteiger partial charge in [0.1, 0.15) is 5.82 Å². The molecule has 1 aromatic carbocycles. The van der Waals surface area contributed by atoms with Crippen LogP contribution in [0.1, 0.15) is 18.5 Å². The molecular formula is C9H13FN2O. The zero-order valence-electron chi connectivity index (χ0n) is 7.37. The van der Waals surface area contributed by atoms with Crippen molar-refractivity contribution >= 4 is 5.69 Å². The molecule has 0 aliphatic rings. The summed E-state index contributed by atoms with van der Waals surface area (Å²) >= 11 is 0. The van der Waals surface area contributed by atoms with E-state index in [1.165, 1.54) is 12.1 Å². The second-order valence-corrected chi connectivity index (χ2v) is 3.08. The van der Waals surface area contributed by atoms with Gasteiger partial charge < -0.3 is 16.6 Å². The second kappa shape index (κ2) is 3.72. The second-order valence-electron chi connectivity index (χ2n) is 3.08. The van der Waals surface area contributed by atoms with Crippen LogP contribution in [-0.4, -0.2) is 11.2 Å². The molecule has 3 nitrogen and oxygen atoms in total. The van der Waals surface area contributed by atoms with Crippen molar-refractivity contribution in [1.82, 2.24) is 0 Å². The zero-order chi connectivity index (χ0) is 10.0. The zero-order valence-corrected chi connectivity index (χ0v) is 7.37. The van der Waals surface area contributed by atoms with Gasteiger partial charge >= 0.3 is 0 Å². The predicted octanol–water partition coefficient (Wildman–Crippen LogP) is 0.788. The third-order valence-corrected chi connectivity index (χ3v) is 1.85. The van der Waals surface area contributed by atoms with Crippen molar-refractivity contribution in [2.45, 2.75) is 19.1 Å². The summed E-state index contributed by atoms with van der Waals surface area (Å²) in [6, 6.07) is 3.44. The van der Waals surface area contributed by atoms with Crippen LogP contribution in [0.25, 0.3) is 0 Å². The Morgan fingerprint density at radius 3 is 2.46 bits per heavy atom. The van der Waals surface area contributed by atoms with Crippen molar-refractivity contribution in [3.63, 3.8) is 0 Å². The molecule has 0 saturated heterocycles. The highest BCUT2D eigenvalue weighted by Crippen LogP contribution is 2.18. The minimum absolute atomic E-state index is 0.311. The molecule has 4 heteroatoms. The van der Waals surface area contributed by atoms with Gasteiger partial charge in [0.2, 0.25) is 0 Å². The molecule has 0 spiro atoms. The molecular weight excluding hydrogens is 171 g/mol. The summed E-state index contributed by atoms with van der Waals surface area (Å²) in [6.07, 6.45) is -0.721. The van der Waals surface area contributed by atoms with Gasteiger partial charge in [-0.15, -0.1) is 0 Å². The molecule has 0 fully saturated rings. The van der Waals surface area contributed by atoms with Gasteiger partial charge in [0.25, 0.3) is 0 Å². The van der Waals surface area contributed by atoms with E-state index >= 15 is 0 Å². The van der Waals surface area contributed by atoms with Crippen LogP contribution in [0.3, 0.4) is 0 Å². The van der Waals surface area contributed by atoms with Crippen molar-refractivity contribution in [2.24, 2.45) is 5.73 Å². The third-order valence-electron chi connectivity index (χ3n) is 1.85. The van der Waals surface area contributed by atoms with E-state index in [1.54, 1.807) is 13.0 Å². The number of nitrogen functional groups attached to an aromatic ring is 1. The summed E-state index contributed by atoms with van der Waals surface area (Å²) in [5, 5.41) is 9.17. The number of rotatable bonds is 2. The van der Waals surface area contributed by atoms with Gasteiger partial charge in [0.05, 0.1) is 12.1 Å². The third kappa shape index (κ3) is 2.40. The quantitative estimate of drug-likeness (QED) is 0.595. The van der Waals surface area contributed by atoms with Crippen LogP contribution >= 0.6 is 0 Å². The van der Waals surface area contributed by atoms with E-state index in [1.807, 2.05) is 0 Å². The van der Waals surface area contributed by atoms with E-state index in [9.17, 15) is 4.39 Å². The first-order valence-corrected chi connectivity index (χ1v) is 4.00. The number of hydrogen-bond acceptors (Lipinski definition) is 3.